The van der Waals surface area contributed by atoms with Crippen molar-refractivity contribution in [3.8, 4) is 17.1 Å². The summed E-state index contributed by atoms with van der Waals surface area (Å²) < 4.78 is 30.0. The van der Waals surface area contributed by atoms with E-state index in [-0.39, 0.29) is 11.7 Å². The molecule has 152 valence electrons. The minimum absolute atomic E-state index is 0.0211. The van der Waals surface area contributed by atoms with Crippen molar-refractivity contribution in [3.63, 3.8) is 0 Å². The Morgan fingerprint density at radius 2 is 1.97 bits per heavy atom. The maximum atomic E-state index is 12.4. The van der Waals surface area contributed by atoms with Crippen LogP contribution in [-0.4, -0.2) is 32.6 Å². The lowest BCUT2D eigenvalue weighted by Crippen LogP contribution is -2.23. The molecule has 0 spiro atoms. The van der Waals surface area contributed by atoms with E-state index in [4.69, 9.17) is 17.4 Å². The molecule has 0 aliphatic heterocycles. The van der Waals surface area contributed by atoms with Gasteiger partial charge in [0.1, 0.15) is 5.75 Å². The SMILES string of the molecule is CC(Sc1nnc(-c2ccc(OC(F)F)cc2)n1N)C(=O)Nc1cccc(Cl)c1. The summed E-state index contributed by atoms with van der Waals surface area (Å²) in [7, 11) is 0. The minimum atomic E-state index is -2.90. The van der Waals surface area contributed by atoms with E-state index in [1.807, 2.05) is 0 Å². The Morgan fingerprint density at radius 3 is 2.62 bits per heavy atom. The highest BCUT2D eigenvalue weighted by atomic mass is 35.5. The van der Waals surface area contributed by atoms with Crippen molar-refractivity contribution in [1.82, 2.24) is 14.9 Å². The number of nitrogen functional groups attached to an aromatic ring is 1. The fourth-order valence-electron chi connectivity index (χ4n) is 2.36. The lowest BCUT2D eigenvalue weighted by Gasteiger charge is -2.12. The zero-order valence-corrected chi connectivity index (χ0v) is 16.6. The molecule has 29 heavy (non-hydrogen) atoms. The largest absolute Gasteiger partial charge is 0.435 e. The van der Waals surface area contributed by atoms with Gasteiger partial charge >= 0.3 is 6.61 Å². The highest BCUT2D eigenvalue weighted by Gasteiger charge is 2.20. The number of hydrogen-bond donors (Lipinski definition) is 2. The number of nitrogens with zero attached hydrogens (tertiary/aromatic N) is 3. The van der Waals surface area contributed by atoms with Crippen molar-refractivity contribution in [1.29, 1.82) is 0 Å². The summed E-state index contributed by atoms with van der Waals surface area (Å²) in [6, 6.07) is 12.6. The summed E-state index contributed by atoms with van der Waals surface area (Å²) in [5.41, 5.74) is 1.14. The predicted octanol–water partition coefficient (Wildman–Crippen LogP) is 4.03. The summed E-state index contributed by atoms with van der Waals surface area (Å²) in [4.78, 5) is 12.4. The van der Waals surface area contributed by atoms with Crippen LogP contribution in [0, 0.1) is 0 Å². The number of benzene rings is 2. The van der Waals surface area contributed by atoms with E-state index in [0.717, 1.165) is 11.8 Å². The third-order valence-electron chi connectivity index (χ3n) is 3.75. The number of aromatic nitrogens is 3. The molecule has 1 atom stereocenters. The van der Waals surface area contributed by atoms with Crippen molar-refractivity contribution in [3.05, 3.63) is 53.6 Å². The second kappa shape index (κ2) is 9.10. The molecule has 11 heteroatoms. The van der Waals surface area contributed by atoms with Crippen LogP contribution in [0.1, 0.15) is 6.92 Å². The van der Waals surface area contributed by atoms with Crippen molar-refractivity contribution < 1.29 is 18.3 Å². The third-order valence-corrected chi connectivity index (χ3v) is 5.04. The maximum absolute atomic E-state index is 12.4. The maximum Gasteiger partial charge on any atom is 0.387 e. The van der Waals surface area contributed by atoms with Crippen LogP contribution in [0.25, 0.3) is 11.4 Å². The summed E-state index contributed by atoms with van der Waals surface area (Å²) in [6.07, 6.45) is 0. The van der Waals surface area contributed by atoms with Crippen molar-refractivity contribution in [2.75, 3.05) is 11.2 Å². The van der Waals surface area contributed by atoms with E-state index in [9.17, 15) is 13.6 Å². The van der Waals surface area contributed by atoms with Gasteiger partial charge in [-0.3, -0.25) is 4.79 Å². The Kier molecular flexibility index (Phi) is 6.55. The molecule has 0 aliphatic rings. The van der Waals surface area contributed by atoms with Crippen LogP contribution in [-0.2, 0) is 4.79 Å². The van der Waals surface area contributed by atoms with Gasteiger partial charge in [0, 0.05) is 16.3 Å². The Balaban J connectivity index is 1.68. The Labute approximate surface area is 174 Å². The number of carbonyl (C=O) groups excluding carboxylic acids is 1. The van der Waals surface area contributed by atoms with Crippen LogP contribution in [0.2, 0.25) is 5.02 Å². The van der Waals surface area contributed by atoms with E-state index in [2.05, 4.69) is 20.3 Å². The Hall–Kier alpha value is -2.85. The Morgan fingerprint density at radius 1 is 1.24 bits per heavy atom. The van der Waals surface area contributed by atoms with E-state index in [1.165, 1.54) is 28.9 Å². The first-order valence-electron chi connectivity index (χ1n) is 8.32. The number of thioether (sulfide) groups is 1. The van der Waals surface area contributed by atoms with Crippen LogP contribution in [0.4, 0.5) is 14.5 Å². The van der Waals surface area contributed by atoms with Crippen LogP contribution in [0.15, 0.2) is 53.7 Å². The Bertz CT molecular complexity index is 1000. The first kappa shape index (κ1) is 20.9. The topological polar surface area (TPSA) is 95.1 Å². The fraction of sp³-hybridized carbons (Fsp3) is 0.167. The number of anilines is 1. The van der Waals surface area contributed by atoms with Gasteiger partial charge in [0.2, 0.25) is 11.1 Å². The number of hydrogen-bond acceptors (Lipinski definition) is 6. The van der Waals surface area contributed by atoms with Gasteiger partial charge in [0.25, 0.3) is 0 Å². The highest BCUT2D eigenvalue weighted by Crippen LogP contribution is 2.27. The summed E-state index contributed by atoms with van der Waals surface area (Å²) in [6.45, 7) is -1.20. The monoisotopic (exact) mass is 439 g/mol. The number of nitrogens with two attached hydrogens (primary N) is 1. The molecular weight excluding hydrogens is 424 g/mol. The standard InChI is InChI=1S/C18H16ClF2N5O2S/c1-10(16(27)23-13-4-2-3-12(19)9-13)29-18-25-24-15(26(18)22)11-5-7-14(8-6-11)28-17(20)21/h2-10,17H,22H2,1H3,(H,23,27). The van der Waals surface area contributed by atoms with Gasteiger partial charge < -0.3 is 15.9 Å². The quantitative estimate of drug-likeness (QED) is 0.426. The number of halogens is 3. The lowest BCUT2D eigenvalue weighted by atomic mass is 10.2. The van der Waals surface area contributed by atoms with Crippen LogP contribution < -0.4 is 15.9 Å². The van der Waals surface area contributed by atoms with E-state index >= 15 is 0 Å². The second-order valence-corrected chi connectivity index (χ2v) is 7.58. The molecule has 1 heterocycles. The second-order valence-electron chi connectivity index (χ2n) is 5.84. The molecule has 1 unspecified atom stereocenters. The smallest absolute Gasteiger partial charge is 0.387 e. The van der Waals surface area contributed by atoms with Crippen molar-refractivity contribution in [2.45, 2.75) is 23.9 Å². The fourth-order valence-corrected chi connectivity index (χ4v) is 3.32. The summed E-state index contributed by atoms with van der Waals surface area (Å²) >= 11 is 7.04. The van der Waals surface area contributed by atoms with E-state index in [0.29, 0.717) is 27.3 Å². The number of rotatable bonds is 7. The molecule has 2 aromatic carbocycles. The molecule has 3 N–H and O–H groups in total. The number of nitrogens with one attached hydrogen (secondary N) is 1. The molecular formula is C18H16ClF2N5O2S. The number of amides is 1. The molecule has 0 saturated carbocycles. The molecule has 0 fully saturated rings. The number of ether oxygens (including phenoxy) is 1. The van der Waals surface area contributed by atoms with Gasteiger partial charge in [0.15, 0.2) is 5.82 Å². The van der Waals surface area contributed by atoms with Gasteiger partial charge in [-0.25, -0.2) is 4.68 Å². The van der Waals surface area contributed by atoms with Gasteiger partial charge in [-0.15, -0.1) is 10.2 Å². The van der Waals surface area contributed by atoms with Crippen LogP contribution in [0.5, 0.6) is 5.75 Å². The first-order chi connectivity index (χ1) is 13.8. The van der Waals surface area contributed by atoms with E-state index in [1.54, 1.807) is 31.2 Å². The molecule has 3 rings (SSSR count). The molecule has 0 aliphatic carbocycles. The predicted molar refractivity (Wildman–Crippen MR) is 108 cm³/mol. The highest BCUT2D eigenvalue weighted by molar-refractivity contribution is 8.00. The molecule has 0 bridgehead atoms. The lowest BCUT2D eigenvalue weighted by molar-refractivity contribution is -0.115. The average molecular weight is 440 g/mol. The molecule has 7 nitrogen and oxygen atoms in total. The van der Waals surface area contributed by atoms with Crippen LogP contribution in [0.3, 0.4) is 0 Å². The number of alkyl halides is 2. The molecule has 0 saturated heterocycles. The molecule has 1 amide bonds. The summed E-state index contributed by atoms with van der Waals surface area (Å²) in [5.74, 6) is 6.13. The minimum Gasteiger partial charge on any atom is -0.435 e. The molecule has 3 aromatic rings. The van der Waals surface area contributed by atoms with Gasteiger partial charge in [-0.2, -0.15) is 8.78 Å². The summed E-state index contributed by atoms with van der Waals surface area (Å²) in [5, 5.41) is 11.1. The van der Waals surface area contributed by atoms with Gasteiger partial charge in [0.05, 0.1) is 5.25 Å². The van der Waals surface area contributed by atoms with Crippen molar-refractivity contribution in [2.24, 2.45) is 0 Å². The zero-order valence-electron chi connectivity index (χ0n) is 15.1. The number of carbonyl (C=O) groups is 1. The van der Waals surface area contributed by atoms with Crippen LogP contribution >= 0.6 is 23.4 Å². The third kappa shape index (κ3) is 5.36. The average Bonchev–Trinajstić information content (AvgIpc) is 3.02. The van der Waals surface area contributed by atoms with Crippen molar-refractivity contribution >= 4 is 35.0 Å². The van der Waals surface area contributed by atoms with E-state index < -0.39 is 11.9 Å². The zero-order chi connectivity index (χ0) is 21.0. The molecule has 0 radical (unpaired) electrons. The van der Waals surface area contributed by atoms with Gasteiger partial charge in [-0.05, 0) is 49.4 Å². The van der Waals surface area contributed by atoms with Gasteiger partial charge in [-0.1, -0.05) is 29.4 Å². The molecule has 1 aromatic heterocycles. The first-order valence-corrected chi connectivity index (χ1v) is 9.58. The normalized spacial score (nSPS) is 12.0.